The topological polar surface area (TPSA) is 26.3 Å². The molecule has 1 fully saturated rings. The van der Waals surface area contributed by atoms with Gasteiger partial charge < -0.3 is 4.74 Å². The van der Waals surface area contributed by atoms with Crippen molar-refractivity contribution in [2.24, 2.45) is 5.92 Å². The molecule has 1 heterocycles. The molecule has 0 radical (unpaired) electrons. The van der Waals surface area contributed by atoms with Gasteiger partial charge in [0.25, 0.3) is 0 Å². The van der Waals surface area contributed by atoms with E-state index in [1.165, 1.54) is 26.4 Å². The van der Waals surface area contributed by atoms with Gasteiger partial charge in [-0.15, -0.1) is 0 Å². The summed E-state index contributed by atoms with van der Waals surface area (Å²) in [4.78, 5) is 11.9. The number of hydrogen-bond acceptors (Lipinski definition) is 3. The number of thiophene rings is 1. The predicted octanol–water partition coefficient (Wildman–Crippen LogP) is 3.59. The van der Waals surface area contributed by atoms with Gasteiger partial charge in [-0.2, -0.15) is 11.3 Å². The normalized spacial score (nSPS) is 19.3. The van der Waals surface area contributed by atoms with E-state index in [0.717, 1.165) is 18.4 Å². The molecule has 1 aliphatic rings. The lowest BCUT2D eigenvalue weighted by Crippen LogP contribution is -2.24. The number of methoxy groups -OCH3 is 1. The third-order valence-corrected chi connectivity index (χ3v) is 4.18. The van der Waals surface area contributed by atoms with E-state index in [-0.39, 0.29) is 11.9 Å². The molecule has 3 heteroatoms. The monoisotopic (exact) mass is 238 g/mol. The molecule has 0 amide bonds. The van der Waals surface area contributed by atoms with Gasteiger partial charge in [-0.1, -0.05) is 19.3 Å². The standard InChI is InChI=1S/C13H18O2S/c1-15-13(14)12(11-7-8-16-9-11)10-5-3-2-4-6-10/h7-10,12H,2-6H2,1H3/t12-/m1/s1. The SMILES string of the molecule is COC(=O)[C@@H](c1ccsc1)C1CCCCC1. The number of esters is 1. The molecule has 1 aliphatic carbocycles. The van der Waals surface area contributed by atoms with Crippen molar-refractivity contribution in [1.29, 1.82) is 0 Å². The van der Waals surface area contributed by atoms with Crippen LogP contribution in [0.25, 0.3) is 0 Å². The highest BCUT2D eigenvalue weighted by molar-refractivity contribution is 7.08. The van der Waals surface area contributed by atoms with E-state index in [1.54, 1.807) is 11.3 Å². The van der Waals surface area contributed by atoms with Crippen LogP contribution in [0.15, 0.2) is 16.8 Å². The molecule has 0 bridgehead atoms. The van der Waals surface area contributed by atoms with Gasteiger partial charge >= 0.3 is 5.97 Å². The molecule has 0 aromatic carbocycles. The molecule has 2 nitrogen and oxygen atoms in total. The second-order valence-electron chi connectivity index (χ2n) is 4.46. The van der Waals surface area contributed by atoms with Gasteiger partial charge in [-0.25, -0.2) is 0 Å². The first-order valence-corrected chi connectivity index (χ1v) is 6.87. The number of carbonyl (C=O) groups is 1. The molecule has 0 unspecified atom stereocenters. The summed E-state index contributed by atoms with van der Waals surface area (Å²) in [6.45, 7) is 0. The second kappa shape index (κ2) is 5.48. The number of ether oxygens (including phenoxy) is 1. The van der Waals surface area contributed by atoms with E-state index < -0.39 is 0 Å². The summed E-state index contributed by atoms with van der Waals surface area (Å²) in [5.74, 6) is 0.387. The zero-order valence-corrected chi connectivity index (χ0v) is 10.5. The third-order valence-electron chi connectivity index (χ3n) is 3.48. The van der Waals surface area contributed by atoms with Crippen LogP contribution in [0.4, 0.5) is 0 Å². The summed E-state index contributed by atoms with van der Waals surface area (Å²) in [6, 6.07) is 2.06. The number of rotatable bonds is 3. The van der Waals surface area contributed by atoms with Gasteiger partial charge in [-0.3, -0.25) is 4.79 Å². The molecular formula is C13H18O2S. The highest BCUT2D eigenvalue weighted by Gasteiger charge is 2.31. The van der Waals surface area contributed by atoms with Crippen molar-refractivity contribution in [1.82, 2.24) is 0 Å². The van der Waals surface area contributed by atoms with Crippen LogP contribution in [0, 0.1) is 5.92 Å². The fraction of sp³-hybridized carbons (Fsp3) is 0.615. The first-order chi connectivity index (χ1) is 7.83. The summed E-state index contributed by atoms with van der Waals surface area (Å²) in [6.07, 6.45) is 6.14. The maximum absolute atomic E-state index is 11.9. The van der Waals surface area contributed by atoms with Gasteiger partial charge in [0.15, 0.2) is 0 Å². The lowest BCUT2D eigenvalue weighted by Gasteiger charge is -2.28. The van der Waals surface area contributed by atoms with Gasteiger partial charge in [0.2, 0.25) is 0 Å². The van der Waals surface area contributed by atoms with E-state index in [0.29, 0.717) is 5.92 Å². The highest BCUT2D eigenvalue weighted by atomic mass is 32.1. The van der Waals surface area contributed by atoms with Crippen LogP contribution in [-0.2, 0) is 9.53 Å². The van der Waals surface area contributed by atoms with Crippen molar-refractivity contribution >= 4 is 17.3 Å². The van der Waals surface area contributed by atoms with Crippen molar-refractivity contribution in [3.8, 4) is 0 Å². The number of carbonyl (C=O) groups excluding carboxylic acids is 1. The van der Waals surface area contributed by atoms with Crippen LogP contribution in [0.5, 0.6) is 0 Å². The molecular weight excluding hydrogens is 220 g/mol. The Morgan fingerprint density at radius 2 is 2.19 bits per heavy atom. The zero-order chi connectivity index (χ0) is 11.4. The van der Waals surface area contributed by atoms with Crippen LogP contribution in [0.3, 0.4) is 0 Å². The summed E-state index contributed by atoms with van der Waals surface area (Å²) in [5.41, 5.74) is 1.14. The molecule has 1 saturated carbocycles. The van der Waals surface area contributed by atoms with Crippen LogP contribution in [-0.4, -0.2) is 13.1 Å². The summed E-state index contributed by atoms with van der Waals surface area (Å²) in [5, 5.41) is 4.12. The van der Waals surface area contributed by atoms with Gasteiger partial charge in [0.1, 0.15) is 0 Å². The molecule has 0 N–H and O–H groups in total. The van der Waals surface area contributed by atoms with E-state index in [4.69, 9.17) is 4.74 Å². The fourth-order valence-electron chi connectivity index (χ4n) is 2.65. The lowest BCUT2D eigenvalue weighted by molar-refractivity contribution is -0.144. The average molecular weight is 238 g/mol. The van der Waals surface area contributed by atoms with E-state index >= 15 is 0 Å². The maximum atomic E-state index is 11.9. The van der Waals surface area contributed by atoms with Gasteiger partial charge in [0.05, 0.1) is 13.0 Å². The van der Waals surface area contributed by atoms with Crippen molar-refractivity contribution in [2.45, 2.75) is 38.0 Å². The van der Waals surface area contributed by atoms with Crippen LogP contribution in [0.1, 0.15) is 43.6 Å². The third kappa shape index (κ3) is 2.46. The van der Waals surface area contributed by atoms with Crippen molar-refractivity contribution in [2.75, 3.05) is 7.11 Å². The Labute approximate surface area is 101 Å². The Morgan fingerprint density at radius 1 is 1.44 bits per heavy atom. The predicted molar refractivity (Wildman–Crippen MR) is 65.7 cm³/mol. The maximum Gasteiger partial charge on any atom is 0.313 e. The Kier molecular flexibility index (Phi) is 3.99. The van der Waals surface area contributed by atoms with Crippen LogP contribution >= 0.6 is 11.3 Å². The second-order valence-corrected chi connectivity index (χ2v) is 5.24. The Hall–Kier alpha value is -0.830. The fourth-order valence-corrected chi connectivity index (χ4v) is 3.34. The molecule has 0 spiro atoms. The molecule has 0 saturated heterocycles. The highest BCUT2D eigenvalue weighted by Crippen LogP contribution is 2.37. The van der Waals surface area contributed by atoms with E-state index in [1.807, 2.05) is 5.38 Å². The molecule has 0 aliphatic heterocycles. The van der Waals surface area contributed by atoms with Gasteiger partial charge in [-0.05, 0) is 41.1 Å². The summed E-state index contributed by atoms with van der Waals surface area (Å²) >= 11 is 1.65. The minimum absolute atomic E-state index is 0.0310. The smallest absolute Gasteiger partial charge is 0.313 e. The summed E-state index contributed by atoms with van der Waals surface area (Å²) < 4.78 is 4.96. The molecule has 16 heavy (non-hydrogen) atoms. The first kappa shape index (κ1) is 11.6. The minimum Gasteiger partial charge on any atom is -0.469 e. The van der Waals surface area contributed by atoms with Crippen molar-refractivity contribution in [3.63, 3.8) is 0 Å². The molecule has 1 atom stereocenters. The van der Waals surface area contributed by atoms with Gasteiger partial charge in [0, 0.05) is 0 Å². The van der Waals surface area contributed by atoms with Crippen molar-refractivity contribution in [3.05, 3.63) is 22.4 Å². The zero-order valence-electron chi connectivity index (χ0n) is 9.65. The average Bonchev–Trinajstić information content (AvgIpc) is 2.84. The quantitative estimate of drug-likeness (QED) is 0.752. The van der Waals surface area contributed by atoms with Crippen molar-refractivity contribution < 1.29 is 9.53 Å². The Morgan fingerprint density at radius 3 is 2.75 bits per heavy atom. The van der Waals surface area contributed by atoms with E-state index in [2.05, 4.69) is 11.4 Å². The van der Waals surface area contributed by atoms with Crippen LogP contribution in [0.2, 0.25) is 0 Å². The summed E-state index contributed by atoms with van der Waals surface area (Å²) in [7, 11) is 1.49. The lowest BCUT2D eigenvalue weighted by atomic mass is 9.77. The molecule has 1 aromatic rings. The first-order valence-electron chi connectivity index (χ1n) is 5.93. The van der Waals surface area contributed by atoms with Crippen LogP contribution < -0.4 is 0 Å². The molecule has 1 aromatic heterocycles. The number of hydrogen-bond donors (Lipinski definition) is 0. The Balaban J connectivity index is 2.17. The Bertz CT molecular complexity index is 326. The molecule has 2 rings (SSSR count). The largest absolute Gasteiger partial charge is 0.469 e. The minimum atomic E-state index is -0.0645. The molecule has 88 valence electrons. The van der Waals surface area contributed by atoms with E-state index in [9.17, 15) is 4.79 Å².